The Hall–Kier alpha value is -2.53. The number of amidine groups is 1. The summed E-state index contributed by atoms with van der Waals surface area (Å²) < 4.78 is 2.44. The largest absolute Gasteiger partial charge is 0.338 e. The number of rotatable bonds is 5. The van der Waals surface area contributed by atoms with Crippen LogP contribution in [0.25, 0.3) is 5.69 Å². The summed E-state index contributed by atoms with van der Waals surface area (Å²) in [5.74, 6) is 1.12. The fourth-order valence-electron chi connectivity index (χ4n) is 5.17. The third kappa shape index (κ3) is 3.30. The van der Waals surface area contributed by atoms with Gasteiger partial charge in [-0.2, -0.15) is 0 Å². The molecule has 3 atom stereocenters. The van der Waals surface area contributed by atoms with Gasteiger partial charge in [0, 0.05) is 35.1 Å². The number of aliphatic imine (C=N–C) groups is 1. The number of para-hydroxylation sites is 1. The highest BCUT2D eigenvalue weighted by Crippen LogP contribution is 2.49. The van der Waals surface area contributed by atoms with Gasteiger partial charge in [-0.05, 0) is 62.1 Å². The number of pyridine rings is 1. The first-order chi connectivity index (χ1) is 15.1. The molecule has 2 aliphatic heterocycles. The Kier molecular flexibility index (Phi) is 5.39. The van der Waals surface area contributed by atoms with E-state index in [2.05, 4.69) is 79.6 Å². The predicted octanol–water partition coefficient (Wildman–Crippen LogP) is 6.03. The minimum absolute atomic E-state index is 0.0356. The van der Waals surface area contributed by atoms with Gasteiger partial charge in [0.1, 0.15) is 6.04 Å². The van der Waals surface area contributed by atoms with Gasteiger partial charge in [-0.15, -0.1) is 0 Å². The van der Waals surface area contributed by atoms with Gasteiger partial charge in [0.2, 0.25) is 0 Å². The maximum Gasteiger partial charge on any atom is 0.160 e. The Labute approximate surface area is 189 Å². The van der Waals surface area contributed by atoms with Crippen LogP contribution < -0.4 is 0 Å². The Balaban J connectivity index is 1.65. The molecule has 4 nitrogen and oxygen atoms in total. The second kappa shape index (κ2) is 8.19. The number of hydrogen-bond acceptors (Lipinski definition) is 4. The number of aromatic nitrogens is 2. The molecule has 1 fully saturated rings. The normalized spacial score (nSPS) is 22.6. The molecule has 5 heteroatoms. The summed E-state index contributed by atoms with van der Waals surface area (Å²) >= 11 is 1.90. The average molecular weight is 431 g/mol. The van der Waals surface area contributed by atoms with Gasteiger partial charge >= 0.3 is 0 Å². The highest BCUT2D eigenvalue weighted by atomic mass is 32.2. The minimum Gasteiger partial charge on any atom is -0.338 e. The molecule has 0 radical (unpaired) electrons. The van der Waals surface area contributed by atoms with Crippen LogP contribution in [0.5, 0.6) is 0 Å². The molecule has 4 heterocycles. The monoisotopic (exact) mass is 430 g/mol. The molecule has 0 N–H and O–H groups in total. The van der Waals surface area contributed by atoms with Crippen molar-refractivity contribution < 1.29 is 0 Å². The van der Waals surface area contributed by atoms with Crippen molar-refractivity contribution in [3.8, 4) is 5.69 Å². The molecule has 0 amide bonds. The van der Waals surface area contributed by atoms with E-state index in [1.54, 1.807) is 0 Å². The lowest BCUT2D eigenvalue weighted by atomic mass is 9.95. The molecule has 0 saturated carbocycles. The average Bonchev–Trinajstić information content (AvgIpc) is 3.45. The molecule has 0 spiro atoms. The van der Waals surface area contributed by atoms with Gasteiger partial charge in [-0.1, -0.05) is 49.9 Å². The second-order valence-corrected chi connectivity index (χ2v) is 9.47. The molecule has 5 rings (SSSR count). The molecule has 2 aromatic heterocycles. The van der Waals surface area contributed by atoms with Crippen LogP contribution in [-0.2, 0) is 6.42 Å². The lowest BCUT2D eigenvalue weighted by molar-refractivity contribution is 0.254. The molecule has 160 valence electrons. The number of nitrogens with zero attached hydrogens (tertiary/aromatic N) is 4. The highest BCUT2D eigenvalue weighted by Gasteiger charge is 2.46. The van der Waals surface area contributed by atoms with E-state index in [0.717, 1.165) is 24.3 Å². The summed E-state index contributed by atoms with van der Waals surface area (Å²) in [7, 11) is 0. The quantitative estimate of drug-likeness (QED) is 0.495. The van der Waals surface area contributed by atoms with E-state index in [0.29, 0.717) is 6.04 Å². The lowest BCUT2D eigenvalue weighted by Crippen LogP contribution is -2.35. The third-order valence-electron chi connectivity index (χ3n) is 6.73. The zero-order valence-corrected chi connectivity index (χ0v) is 19.6. The first kappa shape index (κ1) is 20.4. The van der Waals surface area contributed by atoms with E-state index in [4.69, 9.17) is 9.98 Å². The van der Waals surface area contributed by atoms with Gasteiger partial charge in [0.05, 0.1) is 11.7 Å². The van der Waals surface area contributed by atoms with Crippen LogP contribution in [0.2, 0.25) is 0 Å². The molecule has 31 heavy (non-hydrogen) atoms. The van der Waals surface area contributed by atoms with Crippen molar-refractivity contribution in [3.05, 3.63) is 82.9 Å². The number of aryl methyl sites for hydroxylation is 2. The van der Waals surface area contributed by atoms with Crippen LogP contribution in [-0.4, -0.2) is 31.4 Å². The van der Waals surface area contributed by atoms with E-state index < -0.39 is 0 Å². The Morgan fingerprint density at radius 3 is 2.61 bits per heavy atom. The first-order valence-corrected chi connectivity index (χ1v) is 12.3. The summed E-state index contributed by atoms with van der Waals surface area (Å²) in [5, 5.41) is 1.19. The third-order valence-corrected chi connectivity index (χ3v) is 7.86. The molecule has 0 aliphatic carbocycles. The maximum atomic E-state index is 5.20. The number of fused-ring (bicyclic) bond motifs is 1. The highest BCUT2D eigenvalue weighted by molar-refractivity contribution is 8.14. The zero-order chi connectivity index (χ0) is 21.5. The van der Waals surface area contributed by atoms with Crippen molar-refractivity contribution in [1.29, 1.82) is 0 Å². The van der Waals surface area contributed by atoms with E-state index in [1.165, 1.54) is 33.4 Å². The SMILES string of the molecule is CCc1ccccc1-n1c(C)cc([C@H]2[C@H](c3ccccn3)N=C3SC[C@@H](CC)N32)c1C. The van der Waals surface area contributed by atoms with Gasteiger partial charge in [-0.25, -0.2) is 0 Å². The van der Waals surface area contributed by atoms with Crippen LogP contribution in [0.15, 0.2) is 59.7 Å². The maximum absolute atomic E-state index is 5.20. The number of hydrogen-bond donors (Lipinski definition) is 0. The van der Waals surface area contributed by atoms with E-state index in [9.17, 15) is 0 Å². The molecule has 0 unspecified atom stereocenters. The van der Waals surface area contributed by atoms with Gasteiger partial charge in [0.15, 0.2) is 5.17 Å². The van der Waals surface area contributed by atoms with Gasteiger partial charge < -0.3 is 9.47 Å². The van der Waals surface area contributed by atoms with E-state index in [-0.39, 0.29) is 12.1 Å². The fraction of sp³-hybridized carbons (Fsp3) is 0.385. The molecular formula is C26H30N4S. The fourth-order valence-corrected chi connectivity index (χ4v) is 6.51. The van der Waals surface area contributed by atoms with Crippen molar-refractivity contribution in [1.82, 2.24) is 14.5 Å². The van der Waals surface area contributed by atoms with Gasteiger partial charge in [0.25, 0.3) is 0 Å². The molecule has 3 aromatic rings. The number of benzene rings is 1. The molecule has 0 bridgehead atoms. The van der Waals surface area contributed by atoms with Gasteiger partial charge in [-0.3, -0.25) is 9.98 Å². The predicted molar refractivity (Wildman–Crippen MR) is 130 cm³/mol. The molecule has 1 aromatic carbocycles. The van der Waals surface area contributed by atoms with E-state index >= 15 is 0 Å². The summed E-state index contributed by atoms with van der Waals surface area (Å²) in [6.45, 7) is 9.02. The Morgan fingerprint density at radius 2 is 1.87 bits per heavy atom. The minimum atomic E-state index is 0.0356. The Morgan fingerprint density at radius 1 is 1.06 bits per heavy atom. The smallest absolute Gasteiger partial charge is 0.160 e. The summed E-state index contributed by atoms with van der Waals surface area (Å²) in [6, 6.07) is 18.1. The van der Waals surface area contributed by atoms with E-state index in [1.807, 2.05) is 24.0 Å². The standard InChI is InChI=1S/C26H30N4S/c1-5-19-11-7-8-13-23(19)29-17(3)15-21(18(29)4)25-24(22-12-9-10-14-27-22)28-26-30(25)20(6-2)16-31-26/h7-15,20,24-25H,5-6,16H2,1-4H3/t20-,24+,25+/m1/s1. The summed E-state index contributed by atoms with van der Waals surface area (Å²) in [4.78, 5) is 12.5. The second-order valence-electron chi connectivity index (χ2n) is 8.48. The van der Waals surface area contributed by atoms with Crippen molar-refractivity contribution in [3.63, 3.8) is 0 Å². The van der Waals surface area contributed by atoms with Crippen molar-refractivity contribution in [2.24, 2.45) is 4.99 Å². The Bertz CT molecular complexity index is 1120. The van der Waals surface area contributed by atoms with Crippen LogP contribution >= 0.6 is 11.8 Å². The molecular weight excluding hydrogens is 400 g/mol. The first-order valence-electron chi connectivity index (χ1n) is 11.3. The van der Waals surface area contributed by atoms with Crippen molar-refractivity contribution >= 4 is 16.9 Å². The van der Waals surface area contributed by atoms with Crippen LogP contribution in [0.3, 0.4) is 0 Å². The van der Waals surface area contributed by atoms with Crippen molar-refractivity contribution in [2.75, 3.05) is 5.75 Å². The zero-order valence-electron chi connectivity index (χ0n) is 18.7. The van der Waals surface area contributed by atoms with Crippen molar-refractivity contribution in [2.45, 2.75) is 58.7 Å². The van der Waals surface area contributed by atoms with Crippen LogP contribution in [0.1, 0.15) is 60.6 Å². The molecule has 2 aliphatic rings. The van der Waals surface area contributed by atoms with Crippen LogP contribution in [0, 0.1) is 13.8 Å². The van der Waals surface area contributed by atoms with Crippen LogP contribution in [0.4, 0.5) is 0 Å². The summed E-state index contributed by atoms with van der Waals surface area (Å²) in [5.41, 5.74) is 7.70. The molecule has 1 saturated heterocycles. The summed E-state index contributed by atoms with van der Waals surface area (Å²) in [6.07, 6.45) is 4.05. The lowest BCUT2D eigenvalue weighted by Gasteiger charge is -2.32. The number of thioether (sulfide) groups is 1. The topological polar surface area (TPSA) is 33.4 Å².